The first-order valence-electron chi connectivity index (χ1n) is 10.00. The molecule has 144 valence electrons. The van der Waals surface area contributed by atoms with Crippen LogP contribution >= 0.6 is 0 Å². The van der Waals surface area contributed by atoms with Crippen molar-refractivity contribution in [1.29, 1.82) is 0 Å². The zero-order valence-electron chi connectivity index (χ0n) is 16.0. The molecule has 0 saturated heterocycles. The molecule has 0 amide bonds. The fraction of sp³-hybridized carbons (Fsp3) is 0.391. The van der Waals surface area contributed by atoms with E-state index in [2.05, 4.69) is 52.4 Å². The highest BCUT2D eigenvalue weighted by Gasteiger charge is 2.48. The summed E-state index contributed by atoms with van der Waals surface area (Å²) >= 11 is 0. The first-order valence-corrected chi connectivity index (χ1v) is 10.00. The van der Waals surface area contributed by atoms with Gasteiger partial charge in [0.25, 0.3) is 5.89 Å². The van der Waals surface area contributed by atoms with Gasteiger partial charge in [-0.05, 0) is 56.1 Å². The van der Waals surface area contributed by atoms with Gasteiger partial charge in [-0.2, -0.15) is 4.98 Å². The van der Waals surface area contributed by atoms with Crippen molar-refractivity contribution in [2.45, 2.75) is 43.1 Å². The minimum Gasteiger partial charge on any atom is -0.334 e. The molecule has 2 aliphatic rings. The van der Waals surface area contributed by atoms with Crippen molar-refractivity contribution in [3.63, 3.8) is 0 Å². The van der Waals surface area contributed by atoms with Crippen molar-refractivity contribution in [3.05, 3.63) is 71.8 Å². The molecule has 28 heavy (non-hydrogen) atoms. The van der Waals surface area contributed by atoms with E-state index in [1.54, 1.807) is 12.1 Å². The van der Waals surface area contributed by atoms with Crippen LogP contribution in [0.3, 0.4) is 0 Å². The van der Waals surface area contributed by atoms with Crippen molar-refractivity contribution >= 4 is 0 Å². The maximum Gasteiger partial charge on any atom is 0.257 e. The van der Waals surface area contributed by atoms with Crippen LogP contribution in [0, 0.1) is 5.82 Å². The summed E-state index contributed by atoms with van der Waals surface area (Å²) in [7, 11) is 2.22. The fourth-order valence-electron chi connectivity index (χ4n) is 4.53. The quantitative estimate of drug-likeness (QED) is 0.620. The number of aromatic nitrogens is 2. The highest BCUT2D eigenvalue weighted by atomic mass is 19.1. The molecule has 4 nitrogen and oxygen atoms in total. The van der Waals surface area contributed by atoms with Crippen molar-refractivity contribution in [3.8, 4) is 11.5 Å². The topological polar surface area (TPSA) is 42.2 Å². The van der Waals surface area contributed by atoms with E-state index in [4.69, 9.17) is 4.52 Å². The lowest BCUT2D eigenvalue weighted by atomic mass is 9.67. The molecule has 0 aliphatic heterocycles. The number of hydrogen-bond acceptors (Lipinski definition) is 4. The summed E-state index contributed by atoms with van der Waals surface area (Å²) in [6, 6.07) is 17.6. The van der Waals surface area contributed by atoms with E-state index in [1.807, 2.05) is 0 Å². The minimum atomic E-state index is -0.266. The number of rotatable bonds is 6. The Morgan fingerprint density at radius 1 is 1.11 bits per heavy atom. The molecule has 0 radical (unpaired) electrons. The van der Waals surface area contributed by atoms with E-state index >= 15 is 0 Å². The zero-order chi connectivity index (χ0) is 19.1. The largest absolute Gasteiger partial charge is 0.334 e. The molecule has 2 aromatic carbocycles. The molecule has 2 atom stereocenters. The Morgan fingerprint density at radius 3 is 2.54 bits per heavy atom. The second kappa shape index (κ2) is 6.82. The van der Waals surface area contributed by atoms with E-state index in [0.717, 1.165) is 30.8 Å². The van der Waals surface area contributed by atoms with Gasteiger partial charge in [-0.25, -0.2) is 4.39 Å². The van der Waals surface area contributed by atoms with Gasteiger partial charge < -0.3 is 9.42 Å². The molecule has 1 unspecified atom stereocenters. The van der Waals surface area contributed by atoms with Gasteiger partial charge in [-0.15, -0.1) is 0 Å². The number of hydrogen-bond donors (Lipinski definition) is 0. The highest BCUT2D eigenvalue weighted by Crippen LogP contribution is 2.48. The third-order valence-corrected chi connectivity index (χ3v) is 6.40. The smallest absolute Gasteiger partial charge is 0.257 e. The van der Waals surface area contributed by atoms with Crippen LogP contribution in [0.1, 0.15) is 43.0 Å². The first-order chi connectivity index (χ1) is 13.6. The van der Waals surface area contributed by atoms with Crippen LogP contribution in [0.25, 0.3) is 11.5 Å². The van der Waals surface area contributed by atoms with Gasteiger partial charge in [0.05, 0.1) is 0 Å². The lowest BCUT2D eigenvalue weighted by Gasteiger charge is -2.42. The molecule has 0 bridgehead atoms. The van der Waals surface area contributed by atoms with Crippen molar-refractivity contribution in [2.24, 2.45) is 0 Å². The van der Waals surface area contributed by atoms with E-state index in [-0.39, 0.29) is 11.2 Å². The Hall–Kier alpha value is -2.53. The second-order valence-electron chi connectivity index (χ2n) is 8.30. The standard InChI is InChI=1S/C23H24FN3O/c1-27(20-14-19(20)16-6-3-2-4-7-16)15-23(12-5-13-23)22-25-21(28-26-22)17-8-10-18(24)11-9-17/h2-4,6-11,19-20H,5,12-15H2,1H3/t19-,20?/m1/s1. The molecule has 2 fully saturated rings. The summed E-state index contributed by atoms with van der Waals surface area (Å²) in [6.07, 6.45) is 4.58. The summed E-state index contributed by atoms with van der Waals surface area (Å²) < 4.78 is 18.7. The number of halogens is 1. The van der Waals surface area contributed by atoms with Gasteiger partial charge in [0.2, 0.25) is 0 Å². The molecule has 5 heteroatoms. The SMILES string of the molecule is CN(CC1(c2noc(-c3ccc(F)cc3)n2)CCC1)C1C[C@@H]1c1ccccc1. The average Bonchev–Trinajstić information content (AvgIpc) is 3.35. The van der Waals surface area contributed by atoms with Gasteiger partial charge in [-0.3, -0.25) is 0 Å². The lowest BCUT2D eigenvalue weighted by Crippen LogP contribution is -2.46. The first kappa shape index (κ1) is 17.6. The molecular weight excluding hydrogens is 353 g/mol. The van der Waals surface area contributed by atoms with E-state index in [9.17, 15) is 4.39 Å². The molecule has 1 heterocycles. The van der Waals surface area contributed by atoms with E-state index in [1.165, 1.54) is 30.5 Å². The molecule has 1 aromatic heterocycles. The summed E-state index contributed by atoms with van der Waals surface area (Å²) in [6.45, 7) is 0.948. The van der Waals surface area contributed by atoms with Crippen LogP contribution in [-0.4, -0.2) is 34.7 Å². The summed E-state index contributed by atoms with van der Waals surface area (Å²) in [5, 5.41) is 4.31. The fourth-order valence-corrected chi connectivity index (χ4v) is 4.53. The summed E-state index contributed by atoms with van der Waals surface area (Å²) in [5.41, 5.74) is 2.16. The van der Waals surface area contributed by atoms with E-state index < -0.39 is 0 Å². The van der Waals surface area contributed by atoms with Crippen molar-refractivity contribution < 1.29 is 8.91 Å². The van der Waals surface area contributed by atoms with Crippen LogP contribution in [-0.2, 0) is 5.41 Å². The Balaban J connectivity index is 1.31. The van der Waals surface area contributed by atoms with Gasteiger partial charge in [0, 0.05) is 29.5 Å². The van der Waals surface area contributed by atoms with Crippen molar-refractivity contribution in [1.82, 2.24) is 15.0 Å². The third kappa shape index (κ3) is 3.14. The van der Waals surface area contributed by atoms with Gasteiger partial charge >= 0.3 is 0 Å². The molecule has 5 rings (SSSR count). The Morgan fingerprint density at radius 2 is 1.86 bits per heavy atom. The van der Waals surface area contributed by atoms with Crippen LogP contribution in [0.15, 0.2) is 59.1 Å². The Kier molecular flexibility index (Phi) is 4.27. The molecule has 3 aromatic rings. The Labute approximate surface area is 164 Å². The molecular formula is C23H24FN3O. The summed E-state index contributed by atoms with van der Waals surface area (Å²) in [4.78, 5) is 7.16. The maximum absolute atomic E-state index is 13.2. The van der Waals surface area contributed by atoms with E-state index in [0.29, 0.717) is 17.9 Å². The number of nitrogens with zero attached hydrogens (tertiary/aromatic N) is 3. The van der Waals surface area contributed by atoms with Crippen LogP contribution in [0.5, 0.6) is 0 Å². The third-order valence-electron chi connectivity index (χ3n) is 6.40. The molecule has 2 saturated carbocycles. The normalized spacial score (nSPS) is 22.8. The van der Waals surface area contributed by atoms with Crippen molar-refractivity contribution in [2.75, 3.05) is 13.6 Å². The maximum atomic E-state index is 13.2. The predicted octanol–water partition coefficient (Wildman–Crippen LogP) is 4.79. The summed E-state index contributed by atoms with van der Waals surface area (Å²) in [5.74, 6) is 1.63. The molecule has 0 spiro atoms. The number of likely N-dealkylation sites (N-methyl/N-ethyl adjacent to an activating group) is 1. The van der Waals surface area contributed by atoms with Crippen LogP contribution < -0.4 is 0 Å². The number of benzene rings is 2. The zero-order valence-corrected chi connectivity index (χ0v) is 16.0. The van der Waals surface area contributed by atoms with Crippen LogP contribution in [0.4, 0.5) is 4.39 Å². The van der Waals surface area contributed by atoms with Crippen LogP contribution in [0.2, 0.25) is 0 Å². The highest BCUT2D eigenvalue weighted by molar-refractivity contribution is 5.52. The molecule has 0 N–H and O–H groups in total. The van der Waals surface area contributed by atoms with Gasteiger partial charge in [0.1, 0.15) is 5.82 Å². The van der Waals surface area contributed by atoms with Gasteiger partial charge in [-0.1, -0.05) is 41.9 Å². The monoisotopic (exact) mass is 377 g/mol. The lowest BCUT2D eigenvalue weighted by molar-refractivity contribution is 0.141. The minimum absolute atomic E-state index is 0.0274. The predicted molar refractivity (Wildman–Crippen MR) is 105 cm³/mol. The second-order valence-corrected chi connectivity index (χ2v) is 8.30. The van der Waals surface area contributed by atoms with Gasteiger partial charge in [0.15, 0.2) is 5.82 Å². The average molecular weight is 377 g/mol. The molecule has 2 aliphatic carbocycles. The Bertz CT molecular complexity index is 949.